The van der Waals surface area contributed by atoms with Crippen LogP contribution in [-0.4, -0.2) is 54.7 Å². The Morgan fingerprint density at radius 3 is 2.57 bits per heavy atom. The Morgan fingerprint density at radius 1 is 1.29 bits per heavy atom. The molecular formula is C18H31F3IN5S. The maximum atomic E-state index is 12.4. The molecule has 0 spiro atoms. The smallest absolute Gasteiger partial charge is 0.357 e. The average Bonchev–Trinajstić information content (AvgIpc) is 3.08. The molecule has 0 saturated carbocycles. The number of aryl methyl sites for hydroxylation is 1. The Morgan fingerprint density at radius 2 is 2.00 bits per heavy atom. The molecular weight excluding hydrogens is 502 g/mol. The molecule has 162 valence electrons. The fourth-order valence-electron chi connectivity index (χ4n) is 3.17. The van der Waals surface area contributed by atoms with Crippen molar-refractivity contribution < 1.29 is 13.2 Å². The van der Waals surface area contributed by atoms with Crippen molar-refractivity contribution in [1.82, 2.24) is 20.5 Å². The molecule has 1 aliphatic rings. The molecule has 0 atom stereocenters. The first-order chi connectivity index (χ1) is 12.9. The van der Waals surface area contributed by atoms with E-state index >= 15 is 0 Å². The van der Waals surface area contributed by atoms with Gasteiger partial charge in [-0.25, -0.2) is 9.98 Å². The molecule has 1 saturated heterocycles. The molecule has 1 aromatic rings. The normalized spacial score (nSPS) is 16.7. The summed E-state index contributed by atoms with van der Waals surface area (Å²) in [6, 6.07) is 0. The minimum Gasteiger partial charge on any atom is -0.357 e. The van der Waals surface area contributed by atoms with Gasteiger partial charge in [-0.15, -0.1) is 35.3 Å². The highest BCUT2D eigenvalue weighted by molar-refractivity contribution is 14.0. The molecule has 5 nitrogen and oxygen atoms in total. The van der Waals surface area contributed by atoms with Gasteiger partial charge in [0.15, 0.2) is 5.96 Å². The van der Waals surface area contributed by atoms with E-state index in [-0.39, 0.29) is 24.0 Å². The third kappa shape index (κ3) is 9.73. The van der Waals surface area contributed by atoms with Crippen molar-refractivity contribution in [3.05, 3.63) is 16.1 Å². The minimum absolute atomic E-state index is 0. The number of aliphatic imine (C=N–C) groups is 1. The standard InChI is InChI=1S/C18H30F3N5S.HI/c1-3-16-25-15(12-27-16)11-24-17(22-4-2)23-8-5-14-6-9-26(10-7-14)13-18(19,20)21;/h12,14H,3-11,13H2,1-2H3,(H2,22,23,24);1H. The quantitative estimate of drug-likeness (QED) is 0.301. The zero-order valence-corrected chi connectivity index (χ0v) is 19.7. The zero-order chi connectivity index (χ0) is 19.7. The van der Waals surface area contributed by atoms with Crippen molar-refractivity contribution in [2.24, 2.45) is 10.9 Å². The molecule has 1 aromatic heterocycles. The van der Waals surface area contributed by atoms with Gasteiger partial charge in [0.2, 0.25) is 0 Å². The Hall–Kier alpha value is -0.620. The molecule has 0 aliphatic carbocycles. The molecule has 2 heterocycles. The van der Waals surface area contributed by atoms with E-state index in [2.05, 4.69) is 27.5 Å². The number of nitrogens with one attached hydrogen (secondary N) is 2. The van der Waals surface area contributed by atoms with Crippen LogP contribution in [0.4, 0.5) is 13.2 Å². The number of nitrogens with zero attached hydrogens (tertiary/aromatic N) is 3. The number of alkyl halides is 3. The van der Waals surface area contributed by atoms with E-state index in [1.807, 2.05) is 12.3 Å². The van der Waals surface area contributed by atoms with Crippen LogP contribution in [0.5, 0.6) is 0 Å². The number of rotatable bonds is 8. The molecule has 2 rings (SSSR count). The molecule has 0 unspecified atom stereocenters. The van der Waals surface area contributed by atoms with Crippen molar-refractivity contribution in [2.75, 3.05) is 32.7 Å². The summed E-state index contributed by atoms with van der Waals surface area (Å²) in [5.41, 5.74) is 0.978. The van der Waals surface area contributed by atoms with Crippen LogP contribution in [0.15, 0.2) is 10.4 Å². The molecule has 10 heteroatoms. The van der Waals surface area contributed by atoms with E-state index in [0.29, 0.717) is 25.6 Å². The number of thiazole rings is 1. The Bertz CT molecular complexity index is 586. The molecule has 0 bridgehead atoms. The number of halogens is 4. The van der Waals surface area contributed by atoms with E-state index in [9.17, 15) is 13.2 Å². The fraction of sp³-hybridized carbons (Fsp3) is 0.778. The highest BCUT2D eigenvalue weighted by Crippen LogP contribution is 2.23. The maximum absolute atomic E-state index is 12.4. The van der Waals surface area contributed by atoms with Crippen LogP contribution in [-0.2, 0) is 13.0 Å². The number of aromatic nitrogens is 1. The lowest BCUT2D eigenvalue weighted by Gasteiger charge is -2.32. The van der Waals surface area contributed by atoms with Crippen LogP contribution in [0, 0.1) is 5.92 Å². The molecule has 0 radical (unpaired) electrons. The van der Waals surface area contributed by atoms with E-state index in [1.165, 1.54) is 4.90 Å². The van der Waals surface area contributed by atoms with Crippen LogP contribution in [0.25, 0.3) is 0 Å². The summed E-state index contributed by atoms with van der Waals surface area (Å²) in [6.07, 6.45) is -0.565. The SMILES string of the molecule is CCNC(=NCc1csc(CC)n1)NCCC1CCN(CC(F)(F)F)CC1.I. The number of hydrogen-bond donors (Lipinski definition) is 2. The van der Waals surface area contributed by atoms with Gasteiger partial charge >= 0.3 is 6.18 Å². The van der Waals surface area contributed by atoms with Crippen LogP contribution in [0.1, 0.15) is 43.8 Å². The number of likely N-dealkylation sites (tertiary alicyclic amines) is 1. The number of piperidine rings is 1. The van der Waals surface area contributed by atoms with Crippen LogP contribution in [0.3, 0.4) is 0 Å². The zero-order valence-electron chi connectivity index (χ0n) is 16.5. The van der Waals surface area contributed by atoms with Crippen molar-refractivity contribution >= 4 is 41.3 Å². The summed E-state index contributed by atoms with van der Waals surface area (Å²) in [6.45, 7) is 6.47. The Balaban J connectivity index is 0.00000392. The summed E-state index contributed by atoms with van der Waals surface area (Å²) >= 11 is 1.66. The highest BCUT2D eigenvalue weighted by Gasteiger charge is 2.32. The van der Waals surface area contributed by atoms with E-state index in [0.717, 1.165) is 55.4 Å². The molecule has 1 fully saturated rings. The average molecular weight is 533 g/mol. The summed E-state index contributed by atoms with van der Waals surface area (Å²) in [4.78, 5) is 10.6. The topological polar surface area (TPSA) is 52.6 Å². The fourth-order valence-corrected chi connectivity index (χ4v) is 3.90. The lowest BCUT2D eigenvalue weighted by atomic mass is 9.93. The van der Waals surface area contributed by atoms with Crippen molar-refractivity contribution in [1.29, 1.82) is 0 Å². The first kappa shape index (κ1) is 25.4. The number of guanidine groups is 1. The van der Waals surface area contributed by atoms with Gasteiger partial charge in [-0.05, 0) is 51.6 Å². The van der Waals surface area contributed by atoms with Crippen LogP contribution >= 0.6 is 35.3 Å². The van der Waals surface area contributed by atoms with Gasteiger partial charge in [0.1, 0.15) is 0 Å². The van der Waals surface area contributed by atoms with Gasteiger partial charge in [0.05, 0.1) is 23.8 Å². The molecule has 2 N–H and O–H groups in total. The van der Waals surface area contributed by atoms with Crippen molar-refractivity contribution in [3.63, 3.8) is 0 Å². The number of hydrogen-bond acceptors (Lipinski definition) is 4. The second kappa shape index (κ2) is 12.8. The van der Waals surface area contributed by atoms with E-state index in [1.54, 1.807) is 11.3 Å². The predicted molar refractivity (Wildman–Crippen MR) is 120 cm³/mol. The second-order valence-corrected chi connectivity index (χ2v) is 7.77. The van der Waals surface area contributed by atoms with Gasteiger partial charge in [0, 0.05) is 18.5 Å². The maximum Gasteiger partial charge on any atom is 0.401 e. The highest BCUT2D eigenvalue weighted by atomic mass is 127. The summed E-state index contributed by atoms with van der Waals surface area (Å²) < 4.78 is 37.3. The van der Waals surface area contributed by atoms with Crippen molar-refractivity contribution in [3.8, 4) is 0 Å². The van der Waals surface area contributed by atoms with Gasteiger partial charge in [-0.3, -0.25) is 4.90 Å². The molecule has 0 amide bonds. The molecule has 28 heavy (non-hydrogen) atoms. The van der Waals surface area contributed by atoms with Gasteiger partial charge in [-0.1, -0.05) is 6.92 Å². The Kier molecular flexibility index (Phi) is 11.7. The monoisotopic (exact) mass is 533 g/mol. The van der Waals surface area contributed by atoms with Crippen molar-refractivity contribution in [2.45, 2.75) is 52.3 Å². The van der Waals surface area contributed by atoms with E-state index < -0.39 is 12.7 Å². The van der Waals surface area contributed by atoms with E-state index in [4.69, 9.17) is 0 Å². The Labute approximate surface area is 186 Å². The van der Waals surface area contributed by atoms with Crippen LogP contribution in [0.2, 0.25) is 0 Å². The predicted octanol–water partition coefficient (Wildman–Crippen LogP) is 4.04. The van der Waals surface area contributed by atoms with Crippen LogP contribution < -0.4 is 10.6 Å². The first-order valence-corrected chi connectivity index (χ1v) is 10.5. The third-order valence-electron chi connectivity index (χ3n) is 4.60. The lowest BCUT2D eigenvalue weighted by Crippen LogP contribution is -2.41. The van der Waals surface area contributed by atoms with Gasteiger partial charge in [-0.2, -0.15) is 13.2 Å². The van der Waals surface area contributed by atoms with Gasteiger partial charge < -0.3 is 10.6 Å². The summed E-state index contributed by atoms with van der Waals surface area (Å²) in [7, 11) is 0. The summed E-state index contributed by atoms with van der Waals surface area (Å²) in [5, 5.41) is 9.72. The van der Waals surface area contributed by atoms with Gasteiger partial charge in [0.25, 0.3) is 0 Å². The summed E-state index contributed by atoms with van der Waals surface area (Å²) in [5.74, 6) is 1.23. The lowest BCUT2D eigenvalue weighted by molar-refractivity contribution is -0.148. The third-order valence-corrected chi connectivity index (χ3v) is 5.64. The second-order valence-electron chi connectivity index (χ2n) is 6.83. The minimum atomic E-state index is -4.10. The first-order valence-electron chi connectivity index (χ1n) is 9.64. The molecule has 0 aromatic carbocycles. The molecule has 1 aliphatic heterocycles. The largest absolute Gasteiger partial charge is 0.401 e.